The summed E-state index contributed by atoms with van der Waals surface area (Å²) in [6, 6.07) is 7.42. The summed E-state index contributed by atoms with van der Waals surface area (Å²) in [6.07, 6.45) is 4.40. The Morgan fingerprint density at radius 3 is 2.58 bits per heavy atom. The lowest BCUT2D eigenvalue weighted by Gasteiger charge is -2.31. The quantitative estimate of drug-likeness (QED) is 0.454. The summed E-state index contributed by atoms with van der Waals surface area (Å²) in [4.78, 5) is 16.7. The molecule has 2 aromatic carbocycles. The average Bonchev–Trinajstić information content (AvgIpc) is 3.23. The number of imidazole rings is 1. The number of hydrogen-bond donors (Lipinski definition) is 2. The monoisotopic (exact) mass is 447 g/mol. The van der Waals surface area contributed by atoms with Crippen molar-refractivity contribution in [1.29, 1.82) is 0 Å². The molecule has 0 saturated heterocycles. The van der Waals surface area contributed by atoms with Crippen LogP contribution in [0.25, 0.3) is 16.8 Å². The lowest BCUT2D eigenvalue weighted by molar-refractivity contribution is 0.438. The fourth-order valence-electron chi connectivity index (χ4n) is 3.17. The molecule has 0 spiro atoms. The van der Waals surface area contributed by atoms with Crippen molar-refractivity contribution < 1.29 is 22.6 Å². The maximum Gasteiger partial charge on any atom is 0.276 e. The molecule has 0 atom stereocenters. The second kappa shape index (κ2) is 7.80. The standard InChI is InChI=1S/C21H19F2N3O4S/c1-3-31(28,29)14-5-7-19(30-20-6-4-13(22)8-16(20)23)15(9-14)18-11-25(2)21(27)17-10-24-12-26(17)18/h4-12,28-29H,3H2,1-2H3. The SMILES string of the molecule is CCS(O)(O)c1ccc(Oc2ccc(F)cc2F)c(-c2cn(C)c(=O)c3cncn23)c1. The summed E-state index contributed by atoms with van der Waals surface area (Å²) in [5, 5.41) is 0. The molecule has 10 heteroatoms. The van der Waals surface area contributed by atoms with Crippen LogP contribution >= 0.6 is 10.6 Å². The van der Waals surface area contributed by atoms with Crippen LogP contribution in [0.3, 0.4) is 0 Å². The van der Waals surface area contributed by atoms with Crippen LogP contribution in [0, 0.1) is 11.6 Å². The van der Waals surface area contributed by atoms with E-state index in [0.717, 1.165) is 12.1 Å². The largest absolute Gasteiger partial charge is 0.454 e. The van der Waals surface area contributed by atoms with E-state index in [1.165, 1.54) is 39.7 Å². The van der Waals surface area contributed by atoms with Crippen molar-refractivity contribution in [3.05, 3.63) is 77.1 Å². The normalized spacial score (nSPS) is 12.3. The fourth-order valence-corrected chi connectivity index (χ4v) is 4.10. The van der Waals surface area contributed by atoms with Crippen molar-refractivity contribution in [2.24, 2.45) is 7.05 Å². The minimum absolute atomic E-state index is 0.104. The van der Waals surface area contributed by atoms with Gasteiger partial charge in [-0.25, -0.2) is 13.8 Å². The van der Waals surface area contributed by atoms with E-state index in [1.807, 2.05) is 0 Å². The fraction of sp³-hybridized carbons (Fsp3) is 0.143. The molecule has 2 N–H and O–H groups in total. The highest BCUT2D eigenvalue weighted by atomic mass is 32.3. The highest BCUT2D eigenvalue weighted by Crippen LogP contribution is 2.50. The van der Waals surface area contributed by atoms with Gasteiger partial charge in [0, 0.05) is 30.6 Å². The van der Waals surface area contributed by atoms with Crippen molar-refractivity contribution in [3.8, 4) is 22.8 Å². The first-order valence-corrected chi connectivity index (χ1v) is 11.0. The van der Waals surface area contributed by atoms with Crippen LogP contribution in [0.1, 0.15) is 6.92 Å². The van der Waals surface area contributed by atoms with Gasteiger partial charge in [-0.2, -0.15) is 10.6 Å². The van der Waals surface area contributed by atoms with Gasteiger partial charge in [0.05, 0.1) is 23.1 Å². The van der Waals surface area contributed by atoms with E-state index in [-0.39, 0.29) is 27.7 Å². The van der Waals surface area contributed by atoms with E-state index >= 15 is 0 Å². The van der Waals surface area contributed by atoms with Crippen LogP contribution in [0.5, 0.6) is 11.5 Å². The van der Waals surface area contributed by atoms with Crippen LogP contribution in [-0.2, 0) is 7.05 Å². The summed E-state index contributed by atoms with van der Waals surface area (Å²) in [7, 11) is -1.49. The zero-order valence-corrected chi connectivity index (χ0v) is 17.4. The lowest BCUT2D eigenvalue weighted by Crippen LogP contribution is -2.19. The predicted octanol–water partition coefficient (Wildman–Crippen LogP) is 4.90. The van der Waals surface area contributed by atoms with Gasteiger partial charge in [-0.05, 0) is 37.3 Å². The van der Waals surface area contributed by atoms with Crippen LogP contribution in [0.15, 0.2) is 64.8 Å². The molecule has 31 heavy (non-hydrogen) atoms. The number of ether oxygens (including phenoxy) is 1. The molecule has 7 nitrogen and oxygen atoms in total. The van der Waals surface area contributed by atoms with Gasteiger partial charge in [0.1, 0.15) is 17.1 Å². The minimum Gasteiger partial charge on any atom is -0.454 e. The second-order valence-corrected chi connectivity index (χ2v) is 9.25. The Morgan fingerprint density at radius 1 is 1.13 bits per heavy atom. The molecule has 162 valence electrons. The minimum atomic E-state index is -3.06. The van der Waals surface area contributed by atoms with Crippen LogP contribution < -0.4 is 10.3 Å². The third-order valence-electron chi connectivity index (χ3n) is 4.87. The Morgan fingerprint density at radius 2 is 1.87 bits per heavy atom. The molecule has 2 heterocycles. The number of hydrogen-bond acceptors (Lipinski definition) is 5. The van der Waals surface area contributed by atoms with E-state index in [1.54, 1.807) is 20.2 Å². The number of aromatic nitrogens is 3. The summed E-state index contributed by atoms with van der Waals surface area (Å²) in [5.74, 6) is -1.55. The van der Waals surface area contributed by atoms with Gasteiger partial charge in [0.2, 0.25) is 0 Å². The Bertz CT molecular complexity index is 1350. The molecule has 4 rings (SSSR count). The number of benzene rings is 2. The first-order chi connectivity index (χ1) is 14.7. The molecule has 0 radical (unpaired) electrons. The molecular formula is C21H19F2N3O4S. The smallest absolute Gasteiger partial charge is 0.276 e. The maximum absolute atomic E-state index is 14.2. The van der Waals surface area contributed by atoms with E-state index < -0.39 is 22.2 Å². The Labute approximate surface area is 177 Å². The van der Waals surface area contributed by atoms with Crippen LogP contribution in [0.2, 0.25) is 0 Å². The third-order valence-corrected chi connectivity index (χ3v) is 6.69. The summed E-state index contributed by atoms with van der Waals surface area (Å²) < 4.78 is 57.0. The zero-order chi connectivity index (χ0) is 22.3. The first-order valence-electron chi connectivity index (χ1n) is 9.26. The predicted molar refractivity (Wildman–Crippen MR) is 114 cm³/mol. The van der Waals surface area contributed by atoms with Crippen molar-refractivity contribution in [1.82, 2.24) is 14.0 Å². The van der Waals surface area contributed by atoms with E-state index in [9.17, 15) is 22.7 Å². The summed E-state index contributed by atoms with van der Waals surface area (Å²) >= 11 is 0. The molecule has 0 saturated carbocycles. The zero-order valence-electron chi connectivity index (χ0n) is 16.6. The number of rotatable bonds is 5. The molecule has 0 unspecified atom stereocenters. The highest BCUT2D eigenvalue weighted by molar-refractivity contribution is 8.24. The van der Waals surface area contributed by atoms with Crippen molar-refractivity contribution in [3.63, 3.8) is 0 Å². The summed E-state index contributed by atoms with van der Waals surface area (Å²) in [6.45, 7) is 1.65. The molecule has 0 aliphatic rings. The molecule has 2 aromatic heterocycles. The summed E-state index contributed by atoms with van der Waals surface area (Å²) in [5.41, 5.74) is 0.849. The third kappa shape index (κ3) is 3.80. The molecule has 0 amide bonds. The lowest BCUT2D eigenvalue weighted by atomic mass is 10.1. The Balaban J connectivity index is 1.96. The Kier molecular flexibility index (Phi) is 5.29. The van der Waals surface area contributed by atoms with Crippen LogP contribution in [-0.4, -0.2) is 28.8 Å². The number of fused-ring (bicyclic) bond motifs is 1. The van der Waals surface area contributed by atoms with E-state index in [0.29, 0.717) is 22.8 Å². The molecule has 0 aliphatic carbocycles. The number of aryl methyl sites for hydroxylation is 1. The first kappa shape index (κ1) is 21.0. The van der Waals surface area contributed by atoms with Gasteiger partial charge in [-0.3, -0.25) is 18.3 Å². The van der Waals surface area contributed by atoms with Crippen molar-refractivity contribution >= 4 is 16.1 Å². The van der Waals surface area contributed by atoms with Gasteiger partial charge in [0.15, 0.2) is 11.6 Å². The molecule has 0 fully saturated rings. The number of halogens is 2. The van der Waals surface area contributed by atoms with Gasteiger partial charge in [-0.1, -0.05) is 0 Å². The maximum atomic E-state index is 14.2. The molecule has 0 aliphatic heterocycles. The van der Waals surface area contributed by atoms with Crippen LogP contribution in [0.4, 0.5) is 8.78 Å². The van der Waals surface area contributed by atoms with Gasteiger partial charge in [0.25, 0.3) is 5.56 Å². The molecular weight excluding hydrogens is 428 g/mol. The molecule has 4 aromatic rings. The highest BCUT2D eigenvalue weighted by Gasteiger charge is 2.20. The van der Waals surface area contributed by atoms with Gasteiger partial charge < -0.3 is 9.30 Å². The van der Waals surface area contributed by atoms with Crippen molar-refractivity contribution in [2.75, 3.05) is 5.75 Å². The second-order valence-electron chi connectivity index (χ2n) is 6.87. The Hall–Kier alpha value is -3.21. The number of nitrogens with zero attached hydrogens (tertiary/aromatic N) is 3. The van der Waals surface area contributed by atoms with E-state index in [2.05, 4.69) is 4.98 Å². The average molecular weight is 447 g/mol. The topological polar surface area (TPSA) is 89.0 Å². The van der Waals surface area contributed by atoms with Gasteiger partial charge >= 0.3 is 0 Å². The van der Waals surface area contributed by atoms with Gasteiger partial charge in [-0.15, -0.1) is 0 Å². The molecule has 0 bridgehead atoms. The van der Waals surface area contributed by atoms with E-state index in [4.69, 9.17) is 4.74 Å². The van der Waals surface area contributed by atoms with Crippen molar-refractivity contribution in [2.45, 2.75) is 11.8 Å².